The molecule has 1 N–H and O–H groups in total. The van der Waals surface area contributed by atoms with Crippen molar-refractivity contribution in [1.29, 1.82) is 0 Å². The van der Waals surface area contributed by atoms with Crippen molar-refractivity contribution in [2.45, 2.75) is 19.6 Å². The lowest BCUT2D eigenvalue weighted by Gasteiger charge is -2.05. The van der Waals surface area contributed by atoms with Crippen LogP contribution in [0.5, 0.6) is 0 Å². The zero-order chi connectivity index (χ0) is 15.6. The van der Waals surface area contributed by atoms with Gasteiger partial charge in [-0.2, -0.15) is 13.2 Å². The number of nitrogens with zero attached hydrogens (tertiary/aromatic N) is 1. The van der Waals surface area contributed by atoms with E-state index in [1.807, 2.05) is 0 Å². The number of rotatable bonds is 4. The zero-order valence-corrected chi connectivity index (χ0v) is 11.7. The van der Waals surface area contributed by atoms with Crippen LogP contribution >= 0.6 is 11.3 Å². The molecule has 0 aliphatic heterocycles. The van der Waals surface area contributed by atoms with Crippen LogP contribution in [0, 0.1) is 11.6 Å². The molecule has 0 radical (unpaired) electrons. The molecular weight excluding hydrogens is 311 g/mol. The van der Waals surface area contributed by atoms with E-state index in [1.165, 1.54) is 0 Å². The van der Waals surface area contributed by atoms with E-state index in [4.69, 9.17) is 0 Å². The minimum Gasteiger partial charge on any atom is -0.312 e. The Hall–Kier alpha value is -1.54. The Balaban J connectivity index is 2.50. The molecule has 0 aliphatic rings. The van der Waals surface area contributed by atoms with Gasteiger partial charge in [0.25, 0.3) is 0 Å². The van der Waals surface area contributed by atoms with Gasteiger partial charge >= 0.3 is 6.18 Å². The maximum Gasteiger partial charge on any atom is 0.434 e. The first-order valence-electron chi connectivity index (χ1n) is 6.06. The molecule has 21 heavy (non-hydrogen) atoms. The largest absolute Gasteiger partial charge is 0.434 e. The third-order valence-corrected chi connectivity index (χ3v) is 3.75. The summed E-state index contributed by atoms with van der Waals surface area (Å²) < 4.78 is 65.6. The Labute approximate surface area is 121 Å². The van der Waals surface area contributed by atoms with E-state index in [2.05, 4.69) is 10.3 Å². The average molecular weight is 322 g/mol. The van der Waals surface area contributed by atoms with Crippen LogP contribution in [-0.2, 0) is 12.7 Å². The summed E-state index contributed by atoms with van der Waals surface area (Å²) in [7, 11) is 0. The Morgan fingerprint density at radius 3 is 2.57 bits per heavy atom. The van der Waals surface area contributed by atoms with E-state index in [1.54, 1.807) is 6.92 Å². The van der Waals surface area contributed by atoms with Gasteiger partial charge in [-0.3, -0.25) is 0 Å². The number of hydrogen-bond donors (Lipinski definition) is 1. The standard InChI is InChI=1S/C13H11F5N2S/c1-2-19-6-10-11(13(16,17)18)20-12(21-10)8-5-7(14)3-4-9(8)15/h3-5,19H,2,6H2,1H3. The minimum atomic E-state index is -4.64. The lowest BCUT2D eigenvalue weighted by Crippen LogP contribution is -2.15. The van der Waals surface area contributed by atoms with Gasteiger partial charge in [0.2, 0.25) is 0 Å². The molecule has 0 saturated heterocycles. The number of nitrogens with one attached hydrogen (secondary N) is 1. The fourth-order valence-corrected chi connectivity index (χ4v) is 2.78. The summed E-state index contributed by atoms with van der Waals surface area (Å²) in [6.45, 7) is 2.21. The van der Waals surface area contributed by atoms with Crippen LogP contribution in [-0.4, -0.2) is 11.5 Å². The number of aromatic nitrogens is 1. The lowest BCUT2D eigenvalue weighted by atomic mass is 10.2. The quantitative estimate of drug-likeness (QED) is 0.853. The van der Waals surface area contributed by atoms with Crippen LogP contribution in [0.15, 0.2) is 18.2 Å². The topological polar surface area (TPSA) is 24.9 Å². The second kappa shape index (κ2) is 6.07. The molecule has 1 aromatic carbocycles. The molecule has 2 aromatic rings. The first-order chi connectivity index (χ1) is 9.82. The van der Waals surface area contributed by atoms with E-state index in [0.29, 0.717) is 17.9 Å². The van der Waals surface area contributed by atoms with Gasteiger partial charge in [0, 0.05) is 12.1 Å². The van der Waals surface area contributed by atoms with Gasteiger partial charge in [0.15, 0.2) is 5.69 Å². The van der Waals surface area contributed by atoms with Gasteiger partial charge < -0.3 is 5.32 Å². The Morgan fingerprint density at radius 2 is 1.95 bits per heavy atom. The smallest absolute Gasteiger partial charge is 0.312 e. The summed E-state index contributed by atoms with van der Waals surface area (Å²) in [5.74, 6) is -1.54. The molecule has 1 heterocycles. The molecule has 1 aromatic heterocycles. The monoisotopic (exact) mass is 322 g/mol. The Kier molecular flexibility index (Phi) is 4.58. The van der Waals surface area contributed by atoms with E-state index in [0.717, 1.165) is 18.2 Å². The van der Waals surface area contributed by atoms with Crippen LogP contribution in [0.1, 0.15) is 17.5 Å². The van der Waals surface area contributed by atoms with Gasteiger partial charge in [-0.25, -0.2) is 13.8 Å². The van der Waals surface area contributed by atoms with Crippen LogP contribution in [0.4, 0.5) is 22.0 Å². The molecule has 2 rings (SSSR count). The molecule has 0 spiro atoms. The summed E-state index contributed by atoms with van der Waals surface area (Å²) in [6.07, 6.45) is -4.64. The average Bonchev–Trinajstić information content (AvgIpc) is 2.83. The Bertz CT molecular complexity index is 636. The molecule has 0 fully saturated rings. The molecular formula is C13H11F5N2S. The summed E-state index contributed by atoms with van der Waals surface area (Å²) in [6, 6.07) is 2.60. The highest BCUT2D eigenvalue weighted by atomic mass is 32.1. The molecule has 0 unspecified atom stereocenters. The van der Waals surface area contributed by atoms with E-state index >= 15 is 0 Å². The minimum absolute atomic E-state index is 0.0278. The van der Waals surface area contributed by atoms with Crippen molar-refractivity contribution in [3.8, 4) is 10.6 Å². The van der Waals surface area contributed by atoms with Crippen LogP contribution < -0.4 is 5.32 Å². The molecule has 0 aliphatic carbocycles. The maximum absolute atomic E-state index is 13.6. The van der Waals surface area contributed by atoms with E-state index in [9.17, 15) is 22.0 Å². The fourth-order valence-electron chi connectivity index (χ4n) is 1.71. The van der Waals surface area contributed by atoms with Gasteiger partial charge in [-0.05, 0) is 24.7 Å². The summed E-state index contributed by atoms with van der Waals surface area (Å²) >= 11 is 0.702. The lowest BCUT2D eigenvalue weighted by molar-refractivity contribution is -0.141. The molecule has 0 atom stereocenters. The molecule has 0 bridgehead atoms. The van der Waals surface area contributed by atoms with Crippen molar-refractivity contribution in [2.24, 2.45) is 0 Å². The second-order valence-corrected chi connectivity index (χ2v) is 5.28. The maximum atomic E-state index is 13.6. The second-order valence-electron chi connectivity index (χ2n) is 4.19. The fraction of sp³-hybridized carbons (Fsp3) is 0.308. The summed E-state index contributed by atoms with van der Waals surface area (Å²) in [5.41, 5.74) is -1.33. The predicted octanol–water partition coefficient (Wildman–Crippen LogP) is 4.22. The highest BCUT2D eigenvalue weighted by molar-refractivity contribution is 7.15. The van der Waals surface area contributed by atoms with Crippen LogP contribution in [0.2, 0.25) is 0 Å². The Morgan fingerprint density at radius 1 is 1.24 bits per heavy atom. The highest BCUT2D eigenvalue weighted by Crippen LogP contribution is 2.38. The van der Waals surface area contributed by atoms with Crippen LogP contribution in [0.25, 0.3) is 10.6 Å². The number of hydrogen-bond acceptors (Lipinski definition) is 3. The molecule has 0 amide bonds. The SMILES string of the molecule is CCNCc1sc(-c2cc(F)ccc2F)nc1C(F)(F)F. The van der Waals surface area contributed by atoms with E-state index < -0.39 is 23.5 Å². The van der Waals surface area contributed by atoms with Gasteiger partial charge in [0.05, 0.1) is 4.88 Å². The van der Waals surface area contributed by atoms with Gasteiger partial charge in [-0.1, -0.05) is 6.92 Å². The highest BCUT2D eigenvalue weighted by Gasteiger charge is 2.37. The summed E-state index contributed by atoms with van der Waals surface area (Å²) in [5, 5.41) is 2.58. The van der Waals surface area contributed by atoms with E-state index in [-0.39, 0.29) is 22.0 Å². The van der Waals surface area contributed by atoms with Crippen molar-refractivity contribution in [3.05, 3.63) is 40.4 Å². The first kappa shape index (κ1) is 15.8. The molecule has 0 saturated carbocycles. The molecule has 8 heteroatoms. The molecule has 114 valence electrons. The van der Waals surface area contributed by atoms with Gasteiger partial charge in [-0.15, -0.1) is 11.3 Å². The van der Waals surface area contributed by atoms with Gasteiger partial charge in [0.1, 0.15) is 16.6 Å². The third kappa shape index (κ3) is 3.56. The number of thiazole rings is 1. The predicted molar refractivity (Wildman–Crippen MR) is 69.8 cm³/mol. The first-order valence-corrected chi connectivity index (χ1v) is 6.87. The summed E-state index contributed by atoms with van der Waals surface area (Å²) in [4.78, 5) is 3.40. The van der Waals surface area contributed by atoms with Crippen molar-refractivity contribution in [1.82, 2.24) is 10.3 Å². The van der Waals surface area contributed by atoms with Crippen molar-refractivity contribution in [2.75, 3.05) is 6.54 Å². The van der Waals surface area contributed by atoms with Crippen molar-refractivity contribution < 1.29 is 22.0 Å². The zero-order valence-electron chi connectivity index (χ0n) is 10.9. The van der Waals surface area contributed by atoms with Crippen molar-refractivity contribution in [3.63, 3.8) is 0 Å². The number of alkyl halides is 3. The number of halogens is 5. The third-order valence-electron chi connectivity index (χ3n) is 2.66. The van der Waals surface area contributed by atoms with Crippen molar-refractivity contribution >= 4 is 11.3 Å². The van der Waals surface area contributed by atoms with Crippen LogP contribution in [0.3, 0.4) is 0 Å². The molecule has 2 nitrogen and oxygen atoms in total. The normalized spacial score (nSPS) is 11.9. The number of benzene rings is 1.